The first-order valence-electron chi connectivity index (χ1n) is 5.57. The predicted molar refractivity (Wildman–Crippen MR) is 65.3 cm³/mol. The van der Waals surface area contributed by atoms with E-state index in [2.05, 4.69) is 0 Å². The van der Waals surface area contributed by atoms with Crippen LogP contribution in [0, 0.1) is 17.5 Å². The van der Waals surface area contributed by atoms with Gasteiger partial charge in [-0.05, 0) is 35.9 Å². The van der Waals surface area contributed by atoms with Crippen LogP contribution in [0.3, 0.4) is 0 Å². The van der Waals surface area contributed by atoms with Crippen molar-refractivity contribution >= 4 is 0 Å². The molecule has 2 nitrogen and oxygen atoms in total. The van der Waals surface area contributed by atoms with Crippen LogP contribution in [-0.4, -0.2) is 7.11 Å². The Balaban J connectivity index is 2.43. The molecule has 0 aliphatic rings. The maximum Gasteiger partial charge on any atom is 0.165 e. The Kier molecular flexibility index (Phi) is 3.76. The van der Waals surface area contributed by atoms with Crippen LogP contribution in [0.1, 0.15) is 17.2 Å². The summed E-state index contributed by atoms with van der Waals surface area (Å²) in [6.45, 7) is 0. The van der Waals surface area contributed by atoms with Gasteiger partial charge < -0.3 is 10.5 Å². The number of hydrogen-bond donors (Lipinski definition) is 1. The molecule has 0 fully saturated rings. The third-order valence-electron chi connectivity index (χ3n) is 2.83. The lowest BCUT2D eigenvalue weighted by Crippen LogP contribution is -2.14. The zero-order valence-corrected chi connectivity index (χ0v) is 10.2. The summed E-state index contributed by atoms with van der Waals surface area (Å²) >= 11 is 0. The summed E-state index contributed by atoms with van der Waals surface area (Å²) in [5.41, 5.74) is 6.32. The van der Waals surface area contributed by atoms with Gasteiger partial charge in [0, 0.05) is 5.56 Å². The van der Waals surface area contributed by atoms with Gasteiger partial charge in [0.1, 0.15) is 11.6 Å². The van der Waals surface area contributed by atoms with Crippen LogP contribution in [-0.2, 0) is 0 Å². The highest BCUT2D eigenvalue weighted by Crippen LogP contribution is 2.27. The van der Waals surface area contributed by atoms with Crippen molar-refractivity contribution < 1.29 is 17.9 Å². The molecular weight excluding hydrogens is 255 g/mol. The normalized spacial score (nSPS) is 12.3. The summed E-state index contributed by atoms with van der Waals surface area (Å²) in [6.07, 6.45) is 0. The number of hydrogen-bond acceptors (Lipinski definition) is 2. The molecule has 0 saturated heterocycles. The van der Waals surface area contributed by atoms with E-state index in [1.54, 1.807) is 0 Å². The molecule has 1 atom stereocenters. The molecule has 0 radical (unpaired) electrons. The lowest BCUT2D eigenvalue weighted by atomic mass is 9.98. The number of rotatable bonds is 3. The molecule has 2 N–H and O–H groups in total. The zero-order valence-electron chi connectivity index (χ0n) is 10.2. The molecule has 1 unspecified atom stereocenters. The molecule has 0 aliphatic carbocycles. The Morgan fingerprint density at radius 3 is 2.37 bits per heavy atom. The van der Waals surface area contributed by atoms with E-state index in [0.717, 1.165) is 18.2 Å². The van der Waals surface area contributed by atoms with E-state index in [4.69, 9.17) is 10.5 Å². The van der Waals surface area contributed by atoms with Crippen LogP contribution in [0.25, 0.3) is 0 Å². The van der Waals surface area contributed by atoms with Crippen LogP contribution >= 0.6 is 0 Å². The number of halogens is 3. The molecule has 0 amide bonds. The van der Waals surface area contributed by atoms with E-state index in [0.29, 0.717) is 5.56 Å². The van der Waals surface area contributed by atoms with Crippen molar-refractivity contribution in [2.45, 2.75) is 6.04 Å². The van der Waals surface area contributed by atoms with Gasteiger partial charge in [0.25, 0.3) is 0 Å². The van der Waals surface area contributed by atoms with Crippen LogP contribution in [0.4, 0.5) is 13.2 Å². The van der Waals surface area contributed by atoms with Crippen LogP contribution in [0.15, 0.2) is 36.4 Å². The molecular formula is C14H12F3NO. The van der Waals surface area contributed by atoms with Gasteiger partial charge in [-0.15, -0.1) is 0 Å². The second-order valence-electron chi connectivity index (χ2n) is 4.04. The summed E-state index contributed by atoms with van der Waals surface area (Å²) in [5.74, 6) is -1.74. The average molecular weight is 267 g/mol. The topological polar surface area (TPSA) is 35.2 Å². The number of ether oxygens (including phenoxy) is 1. The monoisotopic (exact) mass is 267 g/mol. The summed E-state index contributed by atoms with van der Waals surface area (Å²) < 4.78 is 44.8. The van der Waals surface area contributed by atoms with E-state index in [9.17, 15) is 13.2 Å². The maximum absolute atomic E-state index is 13.6. The maximum atomic E-state index is 13.6. The Bertz CT molecular complexity index is 601. The van der Waals surface area contributed by atoms with Gasteiger partial charge in [-0.2, -0.15) is 0 Å². The summed E-state index contributed by atoms with van der Waals surface area (Å²) in [5, 5.41) is 0. The molecule has 0 bridgehead atoms. The number of methoxy groups -OCH3 is 1. The third kappa shape index (κ3) is 2.71. The third-order valence-corrected chi connectivity index (χ3v) is 2.83. The van der Waals surface area contributed by atoms with Crippen LogP contribution in [0.5, 0.6) is 5.75 Å². The van der Waals surface area contributed by atoms with Crippen molar-refractivity contribution in [3.63, 3.8) is 0 Å². The van der Waals surface area contributed by atoms with E-state index in [-0.39, 0.29) is 11.3 Å². The molecule has 100 valence electrons. The zero-order chi connectivity index (χ0) is 14.0. The van der Waals surface area contributed by atoms with Gasteiger partial charge in [0.15, 0.2) is 11.6 Å². The molecule has 2 rings (SSSR count). The van der Waals surface area contributed by atoms with Crippen molar-refractivity contribution in [1.82, 2.24) is 0 Å². The summed E-state index contributed by atoms with van der Waals surface area (Å²) in [6, 6.07) is 6.09. The van der Waals surface area contributed by atoms with E-state index in [1.807, 2.05) is 0 Å². The first-order valence-corrected chi connectivity index (χ1v) is 5.57. The minimum atomic E-state index is -0.898. The Morgan fingerprint density at radius 2 is 1.68 bits per heavy atom. The Hall–Kier alpha value is -2.01. The van der Waals surface area contributed by atoms with Crippen molar-refractivity contribution in [2.24, 2.45) is 5.73 Å². The van der Waals surface area contributed by atoms with E-state index >= 15 is 0 Å². The SMILES string of the molecule is COc1cc(C(N)c2cc(F)ccc2F)ccc1F. The minimum absolute atomic E-state index is 0.00441. The van der Waals surface area contributed by atoms with Gasteiger partial charge in [-0.3, -0.25) is 0 Å². The number of benzene rings is 2. The van der Waals surface area contributed by atoms with Gasteiger partial charge in [-0.25, -0.2) is 13.2 Å². The van der Waals surface area contributed by atoms with E-state index < -0.39 is 23.5 Å². The quantitative estimate of drug-likeness (QED) is 0.927. The highest BCUT2D eigenvalue weighted by atomic mass is 19.1. The van der Waals surface area contributed by atoms with Gasteiger partial charge in [0.2, 0.25) is 0 Å². The van der Waals surface area contributed by atoms with Gasteiger partial charge in [0.05, 0.1) is 13.2 Å². The van der Waals surface area contributed by atoms with Crippen LogP contribution in [0.2, 0.25) is 0 Å². The van der Waals surface area contributed by atoms with E-state index in [1.165, 1.54) is 25.3 Å². The molecule has 19 heavy (non-hydrogen) atoms. The van der Waals surface area contributed by atoms with Crippen molar-refractivity contribution in [1.29, 1.82) is 0 Å². The predicted octanol–water partition coefficient (Wildman–Crippen LogP) is 3.16. The fourth-order valence-corrected chi connectivity index (χ4v) is 1.80. The molecule has 0 aliphatic heterocycles. The molecule has 2 aromatic rings. The van der Waals surface area contributed by atoms with Gasteiger partial charge >= 0.3 is 0 Å². The van der Waals surface area contributed by atoms with Crippen molar-refractivity contribution in [3.05, 3.63) is 65.0 Å². The minimum Gasteiger partial charge on any atom is -0.494 e. The Morgan fingerprint density at radius 1 is 1.00 bits per heavy atom. The van der Waals surface area contributed by atoms with Crippen molar-refractivity contribution in [3.8, 4) is 5.75 Å². The molecule has 0 saturated carbocycles. The molecule has 0 heterocycles. The second-order valence-corrected chi connectivity index (χ2v) is 4.04. The highest BCUT2D eigenvalue weighted by molar-refractivity contribution is 5.37. The van der Waals surface area contributed by atoms with Gasteiger partial charge in [-0.1, -0.05) is 6.07 Å². The average Bonchev–Trinajstić information content (AvgIpc) is 2.41. The molecule has 0 spiro atoms. The summed E-state index contributed by atoms with van der Waals surface area (Å²) in [7, 11) is 1.32. The largest absolute Gasteiger partial charge is 0.494 e. The summed E-state index contributed by atoms with van der Waals surface area (Å²) in [4.78, 5) is 0. The molecule has 0 aromatic heterocycles. The van der Waals surface area contributed by atoms with Crippen LogP contribution < -0.4 is 10.5 Å². The first-order chi connectivity index (χ1) is 9.02. The fraction of sp³-hybridized carbons (Fsp3) is 0.143. The molecule has 2 aromatic carbocycles. The lowest BCUT2D eigenvalue weighted by Gasteiger charge is -2.15. The second kappa shape index (κ2) is 5.32. The Labute approximate surface area is 108 Å². The lowest BCUT2D eigenvalue weighted by molar-refractivity contribution is 0.385. The molecule has 5 heteroatoms. The van der Waals surface area contributed by atoms with Crippen molar-refractivity contribution in [2.75, 3.05) is 7.11 Å². The first kappa shape index (κ1) is 13.4. The number of nitrogens with two attached hydrogens (primary N) is 1. The standard InChI is InChI=1S/C14H12F3NO/c1-19-13-6-8(2-4-12(13)17)14(18)10-7-9(15)3-5-11(10)16/h2-7,14H,18H2,1H3. The smallest absolute Gasteiger partial charge is 0.165 e. The highest BCUT2D eigenvalue weighted by Gasteiger charge is 2.16. The fourth-order valence-electron chi connectivity index (χ4n) is 1.80.